The van der Waals surface area contributed by atoms with Crippen LogP contribution in [-0.4, -0.2) is 0 Å². The van der Waals surface area contributed by atoms with Crippen LogP contribution in [0, 0.1) is 0 Å². The molecule has 0 saturated carbocycles. The minimum Gasteiger partial charge on any atom is -0.0727 e. The van der Waals surface area contributed by atoms with Crippen molar-refractivity contribution >= 4 is 6.08 Å². The average molecular weight is 202 g/mol. The second-order valence-electron chi connectivity index (χ2n) is 4.21. The molecule has 0 N–H and O–H groups in total. The number of unbranched alkanes of at least 4 members (excludes halogenated alkanes) is 3. The second kappa shape index (κ2) is 7.28. The second-order valence-corrected chi connectivity index (χ2v) is 4.21. The summed E-state index contributed by atoms with van der Waals surface area (Å²) in [6.07, 6.45) is 8.94. The summed E-state index contributed by atoms with van der Waals surface area (Å²) in [6.45, 7) is 4.49. The maximum atomic E-state index is 2.30. The molecule has 82 valence electrons. The van der Waals surface area contributed by atoms with Gasteiger partial charge in [0.1, 0.15) is 0 Å². The van der Waals surface area contributed by atoms with Crippen LogP contribution >= 0.6 is 0 Å². The highest BCUT2D eigenvalue weighted by Crippen LogP contribution is 2.13. The van der Waals surface area contributed by atoms with Gasteiger partial charge in [-0.2, -0.15) is 0 Å². The van der Waals surface area contributed by atoms with Crippen LogP contribution in [0.4, 0.5) is 0 Å². The van der Waals surface area contributed by atoms with E-state index in [0.29, 0.717) is 0 Å². The van der Waals surface area contributed by atoms with Gasteiger partial charge < -0.3 is 0 Å². The summed E-state index contributed by atoms with van der Waals surface area (Å²) in [5.41, 5.74) is 2.82. The molecule has 0 atom stereocenters. The number of rotatable bonds is 6. The SMILES string of the molecule is CCCCCC/C(C)=C/c1ccccc1. The van der Waals surface area contributed by atoms with Gasteiger partial charge in [0.15, 0.2) is 0 Å². The van der Waals surface area contributed by atoms with Crippen molar-refractivity contribution in [2.45, 2.75) is 46.0 Å². The quantitative estimate of drug-likeness (QED) is 0.565. The molecule has 0 radical (unpaired) electrons. The molecular weight excluding hydrogens is 180 g/mol. The van der Waals surface area contributed by atoms with E-state index in [9.17, 15) is 0 Å². The van der Waals surface area contributed by atoms with E-state index in [1.807, 2.05) is 0 Å². The predicted octanol–water partition coefficient (Wildman–Crippen LogP) is 5.06. The molecule has 0 unspecified atom stereocenters. The Bertz CT molecular complexity index is 282. The van der Waals surface area contributed by atoms with E-state index >= 15 is 0 Å². The van der Waals surface area contributed by atoms with Gasteiger partial charge in [0.25, 0.3) is 0 Å². The first-order valence-electron chi connectivity index (χ1n) is 6.05. The van der Waals surface area contributed by atoms with Gasteiger partial charge in [0, 0.05) is 0 Å². The third-order valence-corrected chi connectivity index (χ3v) is 2.64. The Morgan fingerprint density at radius 2 is 1.80 bits per heavy atom. The van der Waals surface area contributed by atoms with Gasteiger partial charge >= 0.3 is 0 Å². The van der Waals surface area contributed by atoms with Crippen LogP contribution in [-0.2, 0) is 0 Å². The Morgan fingerprint density at radius 3 is 2.47 bits per heavy atom. The van der Waals surface area contributed by atoms with Crippen molar-refractivity contribution in [1.29, 1.82) is 0 Å². The third kappa shape index (κ3) is 5.41. The largest absolute Gasteiger partial charge is 0.0727 e. The molecule has 0 spiro atoms. The lowest BCUT2D eigenvalue weighted by atomic mass is 10.1. The lowest BCUT2D eigenvalue weighted by molar-refractivity contribution is 0.665. The number of hydrogen-bond acceptors (Lipinski definition) is 0. The number of allylic oxidation sites excluding steroid dienone is 1. The highest BCUT2D eigenvalue weighted by Gasteiger charge is 1.92. The van der Waals surface area contributed by atoms with E-state index in [4.69, 9.17) is 0 Å². The van der Waals surface area contributed by atoms with Crippen LogP contribution in [0.25, 0.3) is 6.08 Å². The Kier molecular flexibility index (Phi) is 5.84. The fourth-order valence-corrected chi connectivity index (χ4v) is 1.74. The summed E-state index contributed by atoms with van der Waals surface area (Å²) in [5, 5.41) is 0. The van der Waals surface area contributed by atoms with E-state index in [2.05, 4.69) is 50.3 Å². The molecule has 1 rings (SSSR count). The summed E-state index contributed by atoms with van der Waals surface area (Å²) in [6, 6.07) is 10.6. The van der Waals surface area contributed by atoms with Crippen molar-refractivity contribution in [3.63, 3.8) is 0 Å². The lowest BCUT2D eigenvalue weighted by Gasteiger charge is -2.01. The first-order valence-corrected chi connectivity index (χ1v) is 6.05. The van der Waals surface area contributed by atoms with E-state index < -0.39 is 0 Å². The highest BCUT2D eigenvalue weighted by molar-refractivity contribution is 5.51. The molecule has 0 nitrogen and oxygen atoms in total. The zero-order valence-electron chi connectivity index (χ0n) is 10.00. The summed E-state index contributed by atoms with van der Waals surface area (Å²) in [5.74, 6) is 0. The molecule has 0 heterocycles. The van der Waals surface area contributed by atoms with Gasteiger partial charge in [-0.1, -0.05) is 68.2 Å². The topological polar surface area (TPSA) is 0 Å². The maximum absolute atomic E-state index is 2.30. The standard InChI is InChI=1S/C15H22/c1-3-4-5-7-10-14(2)13-15-11-8-6-9-12-15/h6,8-9,11-13H,3-5,7,10H2,1-2H3/b14-13+. The summed E-state index contributed by atoms with van der Waals surface area (Å²) in [4.78, 5) is 0. The van der Waals surface area contributed by atoms with Crippen molar-refractivity contribution in [3.8, 4) is 0 Å². The monoisotopic (exact) mass is 202 g/mol. The molecule has 1 aromatic rings. The van der Waals surface area contributed by atoms with E-state index in [0.717, 1.165) is 0 Å². The van der Waals surface area contributed by atoms with Gasteiger partial charge in [-0.3, -0.25) is 0 Å². The van der Waals surface area contributed by atoms with Crippen LogP contribution in [0.2, 0.25) is 0 Å². The summed E-state index contributed by atoms with van der Waals surface area (Å²) >= 11 is 0. The van der Waals surface area contributed by atoms with E-state index in [1.165, 1.54) is 43.2 Å². The summed E-state index contributed by atoms with van der Waals surface area (Å²) < 4.78 is 0. The van der Waals surface area contributed by atoms with Gasteiger partial charge in [0.2, 0.25) is 0 Å². The molecular formula is C15H22. The van der Waals surface area contributed by atoms with Crippen LogP contribution in [0.15, 0.2) is 35.9 Å². The Morgan fingerprint density at radius 1 is 1.07 bits per heavy atom. The highest BCUT2D eigenvalue weighted by atomic mass is 14.0. The molecule has 0 saturated heterocycles. The van der Waals surface area contributed by atoms with E-state index in [-0.39, 0.29) is 0 Å². The maximum Gasteiger partial charge on any atom is -0.0257 e. The van der Waals surface area contributed by atoms with Crippen LogP contribution in [0.1, 0.15) is 51.5 Å². The normalized spacial score (nSPS) is 11.7. The Hall–Kier alpha value is -1.04. The smallest absolute Gasteiger partial charge is 0.0257 e. The molecule has 0 aliphatic rings. The number of hydrogen-bond donors (Lipinski definition) is 0. The van der Waals surface area contributed by atoms with Crippen LogP contribution in [0.3, 0.4) is 0 Å². The molecule has 0 aliphatic carbocycles. The number of benzene rings is 1. The van der Waals surface area contributed by atoms with Crippen molar-refractivity contribution in [3.05, 3.63) is 41.5 Å². The molecule has 0 fully saturated rings. The molecule has 0 aliphatic heterocycles. The lowest BCUT2D eigenvalue weighted by Crippen LogP contribution is -1.80. The molecule has 1 aromatic carbocycles. The van der Waals surface area contributed by atoms with Crippen LogP contribution < -0.4 is 0 Å². The third-order valence-electron chi connectivity index (χ3n) is 2.64. The molecule has 0 aromatic heterocycles. The summed E-state index contributed by atoms with van der Waals surface area (Å²) in [7, 11) is 0. The fraction of sp³-hybridized carbons (Fsp3) is 0.467. The Balaban J connectivity index is 2.33. The van der Waals surface area contributed by atoms with Crippen molar-refractivity contribution in [1.82, 2.24) is 0 Å². The minimum atomic E-state index is 1.24. The fourth-order valence-electron chi connectivity index (χ4n) is 1.74. The minimum absolute atomic E-state index is 1.24. The van der Waals surface area contributed by atoms with Gasteiger partial charge in [-0.25, -0.2) is 0 Å². The van der Waals surface area contributed by atoms with Gasteiger partial charge in [-0.05, 0) is 25.3 Å². The van der Waals surface area contributed by atoms with Crippen LogP contribution in [0.5, 0.6) is 0 Å². The van der Waals surface area contributed by atoms with Gasteiger partial charge in [0.05, 0.1) is 0 Å². The molecule has 0 amide bonds. The Labute approximate surface area is 94.0 Å². The van der Waals surface area contributed by atoms with Crippen molar-refractivity contribution in [2.24, 2.45) is 0 Å². The van der Waals surface area contributed by atoms with Crippen molar-refractivity contribution < 1.29 is 0 Å². The molecule has 0 bridgehead atoms. The zero-order chi connectivity index (χ0) is 10.9. The zero-order valence-corrected chi connectivity index (χ0v) is 10.00. The molecule has 15 heavy (non-hydrogen) atoms. The average Bonchev–Trinajstić information content (AvgIpc) is 2.26. The van der Waals surface area contributed by atoms with E-state index in [1.54, 1.807) is 0 Å². The first kappa shape index (κ1) is 12.0. The van der Waals surface area contributed by atoms with Crippen molar-refractivity contribution in [2.75, 3.05) is 0 Å². The predicted molar refractivity (Wildman–Crippen MR) is 68.9 cm³/mol. The molecule has 0 heteroatoms. The van der Waals surface area contributed by atoms with Gasteiger partial charge in [-0.15, -0.1) is 0 Å². The first-order chi connectivity index (χ1) is 7.33.